The molecule has 0 bridgehead atoms. The Balaban J connectivity index is 1.53. The number of amides is 1. The topological polar surface area (TPSA) is 70.2 Å². The van der Waals surface area contributed by atoms with Crippen molar-refractivity contribution in [3.63, 3.8) is 0 Å². The Labute approximate surface area is 107 Å². The summed E-state index contributed by atoms with van der Waals surface area (Å²) in [5.41, 5.74) is 0.848. The Kier molecular flexibility index (Phi) is 5.16. The van der Waals surface area contributed by atoms with Crippen molar-refractivity contribution in [1.82, 2.24) is 20.4 Å². The Hall–Kier alpha value is -1.40. The van der Waals surface area contributed by atoms with E-state index in [0.29, 0.717) is 6.42 Å². The smallest absolute Gasteiger partial charge is 0.225 e. The third-order valence-corrected chi connectivity index (χ3v) is 2.99. The molecule has 1 aromatic heterocycles. The standard InChI is InChI=1S/C12H20N4O2/c17-12(10-11-2-4-14-15-11)13-3-1-5-16-6-8-18-9-7-16/h2,4H,1,3,5-10H2,(H,13,17)(H,14,15). The third kappa shape index (κ3) is 4.46. The van der Waals surface area contributed by atoms with E-state index in [0.717, 1.165) is 51.5 Å². The lowest BCUT2D eigenvalue weighted by molar-refractivity contribution is -0.120. The molecule has 0 atom stereocenters. The van der Waals surface area contributed by atoms with E-state index in [-0.39, 0.29) is 5.91 Å². The highest BCUT2D eigenvalue weighted by Crippen LogP contribution is 1.97. The second kappa shape index (κ2) is 7.13. The Bertz CT molecular complexity index is 347. The summed E-state index contributed by atoms with van der Waals surface area (Å²) in [6, 6.07) is 1.81. The summed E-state index contributed by atoms with van der Waals surface area (Å²) < 4.78 is 5.28. The number of rotatable bonds is 6. The van der Waals surface area contributed by atoms with E-state index in [4.69, 9.17) is 4.74 Å². The van der Waals surface area contributed by atoms with Gasteiger partial charge in [-0.3, -0.25) is 14.8 Å². The van der Waals surface area contributed by atoms with Gasteiger partial charge in [-0.2, -0.15) is 5.10 Å². The average Bonchev–Trinajstić information content (AvgIpc) is 2.89. The maximum atomic E-state index is 11.6. The number of carbonyl (C=O) groups is 1. The number of nitrogens with zero attached hydrogens (tertiary/aromatic N) is 2. The van der Waals surface area contributed by atoms with Gasteiger partial charge in [-0.05, 0) is 19.0 Å². The van der Waals surface area contributed by atoms with Gasteiger partial charge in [0.15, 0.2) is 0 Å². The van der Waals surface area contributed by atoms with Crippen LogP contribution in [0.5, 0.6) is 0 Å². The second-order valence-corrected chi connectivity index (χ2v) is 4.42. The van der Waals surface area contributed by atoms with Crippen LogP contribution in [-0.2, 0) is 16.0 Å². The molecule has 0 aliphatic carbocycles. The van der Waals surface area contributed by atoms with Crippen molar-refractivity contribution in [3.05, 3.63) is 18.0 Å². The Morgan fingerprint density at radius 1 is 1.50 bits per heavy atom. The van der Waals surface area contributed by atoms with Crippen LogP contribution >= 0.6 is 0 Å². The molecule has 0 radical (unpaired) electrons. The molecule has 6 heteroatoms. The molecular weight excluding hydrogens is 232 g/mol. The van der Waals surface area contributed by atoms with Gasteiger partial charge in [-0.15, -0.1) is 0 Å². The van der Waals surface area contributed by atoms with Crippen LogP contribution in [0.15, 0.2) is 12.3 Å². The van der Waals surface area contributed by atoms with Gasteiger partial charge in [0.25, 0.3) is 0 Å². The lowest BCUT2D eigenvalue weighted by Crippen LogP contribution is -2.38. The number of H-pyrrole nitrogens is 1. The van der Waals surface area contributed by atoms with Crippen LogP contribution in [0.4, 0.5) is 0 Å². The van der Waals surface area contributed by atoms with Crippen LogP contribution in [0.3, 0.4) is 0 Å². The lowest BCUT2D eigenvalue weighted by Gasteiger charge is -2.26. The maximum absolute atomic E-state index is 11.6. The number of aromatic nitrogens is 2. The van der Waals surface area contributed by atoms with Gasteiger partial charge in [0.05, 0.1) is 19.6 Å². The van der Waals surface area contributed by atoms with Crippen molar-refractivity contribution in [2.24, 2.45) is 0 Å². The molecule has 0 saturated carbocycles. The average molecular weight is 252 g/mol. The first-order valence-corrected chi connectivity index (χ1v) is 6.39. The van der Waals surface area contributed by atoms with Gasteiger partial charge in [-0.1, -0.05) is 0 Å². The van der Waals surface area contributed by atoms with E-state index in [1.807, 2.05) is 6.07 Å². The first-order chi connectivity index (χ1) is 8.84. The molecule has 0 spiro atoms. The fourth-order valence-corrected chi connectivity index (χ4v) is 1.97. The number of hydrogen-bond donors (Lipinski definition) is 2. The van der Waals surface area contributed by atoms with E-state index >= 15 is 0 Å². The number of carbonyl (C=O) groups excluding carboxylic acids is 1. The fraction of sp³-hybridized carbons (Fsp3) is 0.667. The summed E-state index contributed by atoms with van der Waals surface area (Å²) >= 11 is 0. The van der Waals surface area contributed by atoms with Crippen molar-refractivity contribution in [2.75, 3.05) is 39.4 Å². The molecule has 1 fully saturated rings. The van der Waals surface area contributed by atoms with Crippen LogP contribution in [-0.4, -0.2) is 60.4 Å². The van der Waals surface area contributed by atoms with E-state index in [9.17, 15) is 4.79 Å². The van der Waals surface area contributed by atoms with Crippen LogP contribution in [0, 0.1) is 0 Å². The molecule has 0 aromatic carbocycles. The number of nitrogens with one attached hydrogen (secondary N) is 2. The lowest BCUT2D eigenvalue weighted by atomic mass is 10.3. The van der Waals surface area contributed by atoms with Crippen LogP contribution in [0.25, 0.3) is 0 Å². The molecule has 1 saturated heterocycles. The summed E-state index contributed by atoms with van der Waals surface area (Å²) in [5, 5.41) is 9.50. The third-order valence-electron chi connectivity index (χ3n) is 2.99. The molecule has 1 aliphatic rings. The normalized spacial score (nSPS) is 16.7. The molecule has 2 N–H and O–H groups in total. The van der Waals surface area contributed by atoms with E-state index in [1.165, 1.54) is 0 Å². The zero-order valence-corrected chi connectivity index (χ0v) is 10.5. The Morgan fingerprint density at radius 3 is 3.06 bits per heavy atom. The SMILES string of the molecule is O=C(Cc1ccn[nH]1)NCCCN1CCOCC1. The second-order valence-electron chi connectivity index (χ2n) is 4.42. The van der Waals surface area contributed by atoms with Gasteiger partial charge >= 0.3 is 0 Å². The van der Waals surface area contributed by atoms with E-state index in [2.05, 4.69) is 20.4 Å². The van der Waals surface area contributed by atoms with Gasteiger partial charge in [0.1, 0.15) is 0 Å². The minimum absolute atomic E-state index is 0.0428. The molecule has 1 aromatic rings. The molecular formula is C12H20N4O2. The van der Waals surface area contributed by atoms with Gasteiger partial charge in [0.2, 0.25) is 5.91 Å². The van der Waals surface area contributed by atoms with Gasteiger partial charge < -0.3 is 10.1 Å². The van der Waals surface area contributed by atoms with Crippen molar-refractivity contribution in [3.8, 4) is 0 Å². The summed E-state index contributed by atoms with van der Waals surface area (Å²) in [6.45, 7) is 5.40. The predicted molar refractivity (Wildman–Crippen MR) is 67.2 cm³/mol. The quantitative estimate of drug-likeness (QED) is 0.687. The van der Waals surface area contributed by atoms with E-state index < -0.39 is 0 Å². The largest absolute Gasteiger partial charge is 0.379 e. The molecule has 18 heavy (non-hydrogen) atoms. The highest BCUT2D eigenvalue weighted by Gasteiger charge is 2.09. The number of hydrogen-bond acceptors (Lipinski definition) is 4. The summed E-state index contributed by atoms with van der Waals surface area (Å²) in [5.74, 6) is 0.0428. The molecule has 6 nitrogen and oxygen atoms in total. The number of aromatic amines is 1. The van der Waals surface area contributed by atoms with Crippen molar-refractivity contribution >= 4 is 5.91 Å². The van der Waals surface area contributed by atoms with Gasteiger partial charge in [0, 0.05) is 31.5 Å². The highest BCUT2D eigenvalue weighted by atomic mass is 16.5. The fourth-order valence-electron chi connectivity index (χ4n) is 1.97. The van der Waals surface area contributed by atoms with Crippen molar-refractivity contribution < 1.29 is 9.53 Å². The van der Waals surface area contributed by atoms with Crippen molar-refractivity contribution in [1.29, 1.82) is 0 Å². The first-order valence-electron chi connectivity index (χ1n) is 6.39. The molecule has 0 unspecified atom stereocenters. The maximum Gasteiger partial charge on any atom is 0.225 e. The zero-order valence-electron chi connectivity index (χ0n) is 10.5. The molecule has 2 heterocycles. The number of ether oxygens (including phenoxy) is 1. The highest BCUT2D eigenvalue weighted by molar-refractivity contribution is 5.77. The summed E-state index contributed by atoms with van der Waals surface area (Å²) in [7, 11) is 0. The predicted octanol–water partition coefficient (Wildman–Crippen LogP) is -0.209. The molecule has 2 rings (SSSR count). The Morgan fingerprint density at radius 2 is 2.33 bits per heavy atom. The summed E-state index contributed by atoms with van der Waals surface area (Å²) in [4.78, 5) is 13.9. The number of morpholine rings is 1. The monoisotopic (exact) mass is 252 g/mol. The van der Waals surface area contributed by atoms with Crippen LogP contribution in [0.2, 0.25) is 0 Å². The molecule has 100 valence electrons. The van der Waals surface area contributed by atoms with E-state index in [1.54, 1.807) is 6.20 Å². The van der Waals surface area contributed by atoms with Gasteiger partial charge in [-0.25, -0.2) is 0 Å². The van der Waals surface area contributed by atoms with Crippen LogP contribution in [0.1, 0.15) is 12.1 Å². The van der Waals surface area contributed by atoms with Crippen LogP contribution < -0.4 is 5.32 Å². The molecule has 1 aliphatic heterocycles. The minimum atomic E-state index is 0.0428. The first kappa shape index (κ1) is 13.0. The summed E-state index contributed by atoms with van der Waals surface area (Å²) in [6.07, 6.45) is 3.01. The van der Waals surface area contributed by atoms with Crippen molar-refractivity contribution in [2.45, 2.75) is 12.8 Å². The minimum Gasteiger partial charge on any atom is -0.379 e. The zero-order chi connectivity index (χ0) is 12.6. The molecule has 1 amide bonds.